The van der Waals surface area contributed by atoms with E-state index < -0.39 is 17.8 Å². The molecule has 100 valence electrons. The fourth-order valence-corrected chi connectivity index (χ4v) is 2.29. The number of halogens is 3. The molecule has 0 aliphatic carbocycles. The number of alkyl halides is 3. The second-order valence-electron chi connectivity index (χ2n) is 4.28. The molecule has 2 unspecified atom stereocenters. The number of ether oxygens (including phenoxy) is 1. The molecular weight excluding hydrogens is 245 g/mol. The second-order valence-corrected chi connectivity index (χ2v) is 4.28. The molecule has 3 nitrogen and oxygen atoms in total. The van der Waals surface area contributed by atoms with Crippen molar-refractivity contribution < 1.29 is 17.9 Å². The van der Waals surface area contributed by atoms with Crippen LogP contribution in [0.3, 0.4) is 0 Å². The number of rotatable bonds is 3. The van der Waals surface area contributed by atoms with Crippen LogP contribution in [0.25, 0.3) is 0 Å². The first-order valence-corrected chi connectivity index (χ1v) is 5.78. The van der Waals surface area contributed by atoms with Crippen LogP contribution in [0.5, 0.6) is 0 Å². The van der Waals surface area contributed by atoms with E-state index in [-0.39, 0.29) is 11.7 Å². The van der Waals surface area contributed by atoms with E-state index in [9.17, 15) is 13.2 Å². The summed E-state index contributed by atoms with van der Waals surface area (Å²) in [5.41, 5.74) is 1.92. The topological polar surface area (TPSA) is 47.3 Å². The number of benzene rings is 1. The average Bonchev–Trinajstić information content (AvgIpc) is 2.83. The molecule has 1 aromatic rings. The molecule has 1 saturated heterocycles. The van der Waals surface area contributed by atoms with E-state index in [1.165, 1.54) is 12.1 Å². The Morgan fingerprint density at radius 1 is 1.33 bits per heavy atom. The van der Waals surface area contributed by atoms with Gasteiger partial charge in [0.05, 0.1) is 17.7 Å². The zero-order valence-corrected chi connectivity index (χ0v) is 9.70. The Balaban J connectivity index is 2.35. The van der Waals surface area contributed by atoms with Gasteiger partial charge in [-0.1, -0.05) is 18.2 Å². The lowest BCUT2D eigenvalue weighted by Gasteiger charge is -2.25. The van der Waals surface area contributed by atoms with Crippen molar-refractivity contribution >= 4 is 0 Å². The van der Waals surface area contributed by atoms with Crippen molar-refractivity contribution in [2.75, 3.05) is 6.61 Å². The summed E-state index contributed by atoms with van der Waals surface area (Å²) in [5, 5.41) is 0. The lowest BCUT2D eigenvalue weighted by atomic mass is 9.95. The highest BCUT2D eigenvalue weighted by molar-refractivity contribution is 5.33. The van der Waals surface area contributed by atoms with Gasteiger partial charge in [-0.05, 0) is 24.5 Å². The summed E-state index contributed by atoms with van der Waals surface area (Å²) in [7, 11) is 0. The Labute approximate surface area is 103 Å². The molecule has 1 aromatic carbocycles. The van der Waals surface area contributed by atoms with Gasteiger partial charge in [0, 0.05) is 6.61 Å². The molecule has 0 spiro atoms. The minimum Gasteiger partial charge on any atom is -0.376 e. The lowest BCUT2D eigenvalue weighted by Crippen LogP contribution is -2.37. The normalized spacial score (nSPS) is 22.1. The quantitative estimate of drug-likeness (QED) is 0.648. The van der Waals surface area contributed by atoms with Crippen molar-refractivity contribution in [2.45, 2.75) is 31.2 Å². The van der Waals surface area contributed by atoms with Gasteiger partial charge < -0.3 is 4.74 Å². The maximum atomic E-state index is 12.9. The third kappa shape index (κ3) is 2.66. The van der Waals surface area contributed by atoms with E-state index in [0.717, 1.165) is 12.5 Å². The van der Waals surface area contributed by atoms with Crippen LogP contribution in [0.1, 0.15) is 30.0 Å². The summed E-state index contributed by atoms with van der Waals surface area (Å²) in [4.78, 5) is 0. The third-order valence-corrected chi connectivity index (χ3v) is 3.12. The zero-order valence-electron chi connectivity index (χ0n) is 9.70. The van der Waals surface area contributed by atoms with Crippen molar-refractivity contribution in [1.82, 2.24) is 5.43 Å². The van der Waals surface area contributed by atoms with Crippen LogP contribution in [0.15, 0.2) is 24.3 Å². The molecular formula is C12H15F3N2O. The number of hydrogen-bond donors (Lipinski definition) is 2. The Hall–Kier alpha value is -1.11. The Bertz CT molecular complexity index is 403. The Morgan fingerprint density at radius 3 is 2.61 bits per heavy atom. The maximum Gasteiger partial charge on any atom is 0.416 e. The minimum absolute atomic E-state index is 0.138. The molecule has 0 bridgehead atoms. The van der Waals surface area contributed by atoms with Gasteiger partial charge in [-0.2, -0.15) is 13.2 Å². The lowest BCUT2D eigenvalue weighted by molar-refractivity contribution is -0.138. The molecule has 1 aliphatic rings. The van der Waals surface area contributed by atoms with Crippen LogP contribution in [-0.2, 0) is 10.9 Å². The van der Waals surface area contributed by atoms with E-state index in [2.05, 4.69) is 5.43 Å². The predicted molar refractivity (Wildman–Crippen MR) is 60.5 cm³/mol. The molecule has 0 aromatic heterocycles. The van der Waals surface area contributed by atoms with E-state index in [0.29, 0.717) is 13.0 Å². The van der Waals surface area contributed by atoms with Gasteiger partial charge in [0.2, 0.25) is 0 Å². The first kappa shape index (κ1) is 13.3. The number of hydrazine groups is 1. The van der Waals surface area contributed by atoms with Gasteiger partial charge in [-0.25, -0.2) is 0 Å². The summed E-state index contributed by atoms with van der Waals surface area (Å²) in [5.74, 6) is 5.40. The molecule has 2 atom stereocenters. The Kier molecular flexibility index (Phi) is 3.89. The smallest absolute Gasteiger partial charge is 0.376 e. The fourth-order valence-electron chi connectivity index (χ4n) is 2.29. The van der Waals surface area contributed by atoms with Gasteiger partial charge in [0.15, 0.2) is 0 Å². The number of nitrogens with one attached hydrogen (secondary N) is 1. The van der Waals surface area contributed by atoms with Gasteiger partial charge in [0.25, 0.3) is 0 Å². The third-order valence-electron chi connectivity index (χ3n) is 3.12. The summed E-state index contributed by atoms with van der Waals surface area (Å²) < 4.78 is 44.2. The molecule has 1 fully saturated rings. The minimum atomic E-state index is -4.38. The monoisotopic (exact) mass is 260 g/mol. The van der Waals surface area contributed by atoms with Gasteiger partial charge in [-0.15, -0.1) is 0 Å². The van der Waals surface area contributed by atoms with E-state index in [1.54, 1.807) is 6.07 Å². The van der Waals surface area contributed by atoms with Gasteiger partial charge in [-0.3, -0.25) is 11.3 Å². The van der Waals surface area contributed by atoms with Crippen LogP contribution in [-0.4, -0.2) is 12.7 Å². The first-order valence-electron chi connectivity index (χ1n) is 5.78. The van der Waals surface area contributed by atoms with Crippen LogP contribution >= 0.6 is 0 Å². The molecule has 0 saturated carbocycles. The van der Waals surface area contributed by atoms with Crippen LogP contribution < -0.4 is 11.3 Å². The summed E-state index contributed by atoms with van der Waals surface area (Å²) in [6, 6.07) is 4.81. The first-order chi connectivity index (χ1) is 8.54. The largest absolute Gasteiger partial charge is 0.416 e. The van der Waals surface area contributed by atoms with Crippen LogP contribution in [0, 0.1) is 0 Å². The molecule has 1 heterocycles. The second kappa shape index (κ2) is 5.26. The van der Waals surface area contributed by atoms with E-state index in [4.69, 9.17) is 10.6 Å². The van der Waals surface area contributed by atoms with Crippen molar-refractivity contribution in [1.29, 1.82) is 0 Å². The predicted octanol–water partition coefficient (Wildman–Crippen LogP) is 2.39. The van der Waals surface area contributed by atoms with Gasteiger partial charge >= 0.3 is 6.18 Å². The van der Waals surface area contributed by atoms with Crippen molar-refractivity contribution in [2.24, 2.45) is 5.84 Å². The average molecular weight is 260 g/mol. The highest BCUT2D eigenvalue weighted by atomic mass is 19.4. The Morgan fingerprint density at radius 2 is 2.06 bits per heavy atom. The number of nitrogens with two attached hydrogens (primary N) is 1. The molecule has 2 rings (SSSR count). The maximum absolute atomic E-state index is 12.9. The standard InChI is InChI=1S/C12H15F3N2O/c13-12(14,15)9-5-2-1-4-8(9)11(17-16)10-6-3-7-18-10/h1-2,4-5,10-11,17H,3,6-7,16H2. The summed E-state index contributed by atoms with van der Waals surface area (Å²) in [6.45, 7) is 0.566. The van der Waals surface area contributed by atoms with E-state index in [1.807, 2.05) is 0 Å². The summed E-state index contributed by atoms with van der Waals surface area (Å²) in [6.07, 6.45) is -3.14. The van der Waals surface area contributed by atoms with E-state index >= 15 is 0 Å². The zero-order chi connectivity index (χ0) is 13.2. The molecule has 6 heteroatoms. The molecule has 3 N–H and O–H groups in total. The van der Waals surface area contributed by atoms with Crippen molar-refractivity contribution in [3.63, 3.8) is 0 Å². The SMILES string of the molecule is NNC(c1ccccc1C(F)(F)F)C1CCCO1. The number of hydrogen-bond acceptors (Lipinski definition) is 3. The van der Waals surface area contributed by atoms with Gasteiger partial charge in [0.1, 0.15) is 0 Å². The summed E-state index contributed by atoms with van der Waals surface area (Å²) >= 11 is 0. The molecule has 18 heavy (non-hydrogen) atoms. The van der Waals surface area contributed by atoms with Crippen molar-refractivity contribution in [3.8, 4) is 0 Å². The van der Waals surface area contributed by atoms with Crippen molar-refractivity contribution in [3.05, 3.63) is 35.4 Å². The molecule has 1 aliphatic heterocycles. The highest BCUT2D eigenvalue weighted by Gasteiger charge is 2.37. The highest BCUT2D eigenvalue weighted by Crippen LogP contribution is 2.37. The molecule has 0 radical (unpaired) electrons. The molecule has 0 amide bonds. The van der Waals surface area contributed by atoms with Crippen LogP contribution in [0.2, 0.25) is 0 Å². The van der Waals surface area contributed by atoms with Crippen LogP contribution in [0.4, 0.5) is 13.2 Å². The fraction of sp³-hybridized carbons (Fsp3) is 0.500.